The van der Waals surface area contributed by atoms with Crippen LogP contribution in [0.2, 0.25) is 0 Å². The fourth-order valence-corrected chi connectivity index (χ4v) is 11.8. The molecule has 1 saturated heterocycles. The van der Waals surface area contributed by atoms with Gasteiger partial charge in [-0.25, -0.2) is 4.79 Å². The molecule has 0 amide bonds. The van der Waals surface area contributed by atoms with Gasteiger partial charge in [0.2, 0.25) is 0 Å². The summed E-state index contributed by atoms with van der Waals surface area (Å²) in [7, 11) is 8.22. The van der Waals surface area contributed by atoms with Gasteiger partial charge in [0, 0.05) is 76.0 Å². The lowest BCUT2D eigenvalue weighted by Crippen LogP contribution is -2.80. The first-order valence-electron chi connectivity index (χ1n) is 14.9. The molecular formula is C31H43NO10. The number of benzene rings is 1. The van der Waals surface area contributed by atoms with E-state index in [-0.39, 0.29) is 25.0 Å². The molecule has 0 aromatic heterocycles. The third kappa shape index (κ3) is 3.05. The maximum atomic E-state index is 13.5. The number of esters is 1. The summed E-state index contributed by atoms with van der Waals surface area (Å²) in [5.41, 5.74) is -4.81. The minimum Gasteiger partial charge on any atom is -0.455 e. The second kappa shape index (κ2) is 9.42. The molecule has 1 aliphatic heterocycles. The molecule has 0 radical (unpaired) electrons. The second-order valence-electron chi connectivity index (χ2n) is 13.7. The SMILES string of the molecule is COC[C@]12CN(C)[C@@H]3[C@H]4[C@H](OC)[C@H]1[C@]3([C@H](OC)C[C@H]2O)[C@H]1C[C@]2(O)[C@H](OC(=O)c3ccccc3)[C@@H]1[C@]4(O)[C@H](O)[C@@H]2OC. The van der Waals surface area contributed by atoms with Crippen LogP contribution in [-0.2, 0) is 23.7 Å². The smallest absolute Gasteiger partial charge is 0.338 e. The Morgan fingerprint density at radius 1 is 1.00 bits per heavy atom. The first-order valence-corrected chi connectivity index (χ1v) is 14.9. The van der Waals surface area contributed by atoms with Crippen molar-refractivity contribution in [3.8, 4) is 0 Å². The molecule has 232 valence electrons. The van der Waals surface area contributed by atoms with Crippen LogP contribution in [0.25, 0.3) is 0 Å². The third-order valence-corrected chi connectivity index (χ3v) is 12.6. The highest BCUT2D eigenvalue weighted by atomic mass is 16.6. The van der Waals surface area contributed by atoms with Crippen LogP contribution in [0.3, 0.4) is 0 Å². The van der Waals surface area contributed by atoms with Crippen LogP contribution >= 0.6 is 0 Å². The predicted molar refractivity (Wildman–Crippen MR) is 146 cm³/mol. The van der Waals surface area contributed by atoms with Crippen molar-refractivity contribution in [2.24, 2.45) is 34.5 Å². The van der Waals surface area contributed by atoms with E-state index >= 15 is 0 Å². The zero-order valence-electron chi connectivity index (χ0n) is 24.8. The molecule has 15 atom stereocenters. The number of likely N-dealkylation sites (tertiary alicyclic amines) is 1. The molecular weight excluding hydrogens is 546 g/mol. The molecule has 5 saturated carbocycles. The Hall–Kier alpha value is -1.67. The molecule has 1 spiro atoms. The molecule has 7 rings (SSSR count). The van der Waals surface area contributed by atoms with Crippen LogP contribution in [0.5, 0.6) is 0 Å². The predicted octanol–water partition coefficient (Wildman–Crippen LogP) is -0.313. The zero-order valence-corrected chi connectivity index (χ0v) is 24.8. The van der Waals surface area contributed by atoms with E-state index in [1.807, 2.05) is 7.05 Å². The van der Waals surface area contributed by atoms with E-state index in [0.717, 1.165) is 0 Å². The Morgan fingerprint density at radius 2 is 1.71 bits per heavy atom. The molecule has 11 nitrogen and oxygen atoms in total. The van der Waals surface area contributed by atoms with Gasteiger partial charge >= 0.3 is 5.97 Å². The number of methoxy groups -OCH3 is 4. The molecule has 42 heavy (non-hydrogen) atoms. The van der Waals surface area contributed by atoms with Gasteiger partial charge in [-0.3, -0.25) is 0 Å². The van der Waals surface area contributed by atoms with Gasteiger partial charge in [0.1, 0.15) is 29.5 Å². The Morgan fingerprint density at radius 3 is 2.33 bits per heavy atom. The summed E-state index contributed by atoms with van der Waals surface area (Å²) < 4.78 is 30.3. The number of rotatable bonds is 7. The third-order valence-electron chi connectivity index (χ3n) is 12.6. The summed E-state index contributed by atoms with van der Waals surface area (Å²) in [6, 6.07) is 8.22. The fraction of sp³-hybridized carbons (Fsp3) is 0.774. The maximum Gasteiger partial charge on any atom is 0.338 e. The number of hydrogen-bond donors (Lipinski definition) is 4. The molecule has 7 bridgehead atoms. The van der Waals surface area contributed by atoms with E-state index in [0.29, 0.717) is 18.5 Å². The Kier molecular flexibility index (Phi) is 6.52. The van der Waals surface area contributed by atoms with Gasteiger partial charge in [0.05, 0.1) is 30.5 Å². The van der Waals surface area contributed by atoms with Crippen molar-refractivity contribution in [2.45, 2.75) is 66.7 Å². The van der Waals surface area contributed by atoms with Crippen molar-refractivity contribution in [1.82, 2.24) is 4.90 Å². The first kappa shape index (κ1) is 29.1. The molecule has 4 N–H and O–H groups in total. The van der Waals surface area contributed by atoms with E-state index in [1.165, 1.54) is 7.11 Å². The lowest BCUT2D eigenvalue weighted by atomic mass is 9.42. The van der Waals surface area contributed by atoms with E-state index < -0.39 is 82.4 Å². The molecule has 11 heteroatoms. The quantitative estimate of drug-likeness (QED) is 0.311. The Labute approximate surface area is 245 Å². The molecule has 5 aliphatic carbocycles. The zero-order chi connectivity index (χ0) is 30.0. The topological polar surface area (TPSA) is 147 Å². The van der Waals surface area contributed by atoms with Gasteiger partial charge in [0.25, 0.3) is 0 Å². The summed E-state index contributed by atoms with van der Waals surface area (Å²) in [6.07, 6.45) is -5.28. The minimum absolute atomic E-state index is 0.102. The van der Waals surface area contributed by atoms with Crippen molar-refractivity contribution >= 4 is 5.97 Å². The minimum atomic E-state index is -1.86. The summed E-state index contributed by atoms with van der Waals surface area (Å²) in [5.74, 6) is -2.96. The van der Waals surface area contributed by atoms with Crippen molar-refractivity contribution < 1.29 is 48.9 Å². The number of nitrogens with zero attached hydrogens (tertiary/aromatic N) is 1. The van der Waals surface area contributed by atoms with Crippen molar-refractivity contribution in [3.63, 3.8) is 0 Å². The van der Waals surface area contributed by atoms with Crippen LogP contribution < -0.4 is 0 Å². The van der Waals surface area contributed by atoms with Gasteiger partial charge in [-0.15, -0.1) is 0 Å². The van der Waals surface area contributed by atoms with Crippen LogP contribution in [0.15, 0.2) is 30.3 Å². The average Bonchev–Trinajstić information content (AvgIpc) is 3.37. The fourth-order valence-electron chi connectivity index (χ4n) is 11.8. The first-order chi connectivity index (χ1) is 20.0. The normalized spacial score (nSPS) is 53.7. The highest BCUT2D eigenvalue weighted by molar-refractivity contribution is 5.89. The second-order valence-corrected chi connectivity index (χ2v) is 13.7. The summed E-state index contributed by atoms with van der Waals surface area (Å²) in [4.78, 5) is 15.7. The molecule has 6 aliphatic rings. The lowest BCUT2D eigenvalue weighted by molar-refractivity contribution is -0.318. The van der Waals surface area contributed by atoms with E-state index in [2.05, 4.69) is 4.90 Å². The largest absolute Gasteiger partial charge is 0.455 e. The number of carbonyl (C=O) groups excluding carboxylic acids is 1. The molecule has 0 unspecified atom stereocenters. The van der Waals surface area contributed by atoms with E-state index in [1.54, 1.807) is 51.7 Å². The van der Waals surface area contributed by atoms with Gasteiger partial charge < -0.3 is 49.0 Å². The van der Waals surface area contributed by atoms with Crippen LogP contribution in [0.4, 0.5) is 0 Å². The van der Waals surface area contributed by atoms with Crippen LogP contribution in [0.1, 0.15) is 23.2 Å². The van der Waals surface area contributed by atoms with E-state index in [9.17, 15) is 25.2 Å². The summed E-state index contributed by atoms with van der Waals surface area (Å²) in [5, 5.41) is 49.4. The average molecular weight is 590 g/mol. The van der Waals surface area contributed by atoms with Crippen LogP contribution in [-0.4, -0.2) is 134 Å². The summed E-state index contributed by atoms with van der Waals surface area (Å²) in [6.45, 7) is 0.760. The summed E-state index contributed by atoms with van der Waals surface area (Å²) >= 11 is 0. The van der Waals surface area contributed by atoms with Crippen molar-refractivity contribution in [2.75, 3.05) is 48.6 Å². The van der Waals surface area contributed by atoms with Gasteiger partial charge in [0.15, 0.2) is 0 Å². The number of piperidine rings is 1. The number of fused-ring (bicyclic) bond motifs is 2. The van der Waals surface area contributed by atoms with Crippen molar-refractivity contribution in [1.29, 1.82) is 0 Å². The van der Waals surface area contributed by atoms with E-state index in [4.69, 9.17) is 23.7 Å². The van der Waals surface area contributed by atoms with Crippen LogP contribution in [0, 0.1) is 34.5 Å². The number of carbonyl (C=O) groups is 1. The molecule has 1 aromatic carbocycles. The number of aliphatic hydroxyl groups is 4. The molecule has 1 heterocycles. The standard InChI is InChI=1S/C31H43NO10/c1-32-13-28(14-38-2)17(33)11-18(39-3)30-16-12-29(36)25(42-27(35)15-9-7-6-8-10-15)19(16)31(37,24(34)26(29)41-5)20(23(30)32)21(40-4)22(28)30/h6-10,16-26,33-34,36-37H,11-14H2,1-5H3/t16-,17+,18+,19+,20+,21-,22+,23+,24+,25+,26-,28-,29-,30+,31+/m0/s1. The maximum absolute atomic E-state index is 13.5. The highest BCUT2D eigenvalue weighted by Gasteiger charge is 2.91. The Balaban J connectivity index is 1.47. The molecule has 1 aromatic rings. The number of aliphatic hydroxyl groups excluding tert-OH is 2. The molecule has 6 fully saturated rings. The Bertz CT molecular complexity index is 1240. The highest BCUT2D eigenvalue weighted by Crippen LogP contribution is 2.80. The van der Waals surface area contributed by atoms with Crippen molar-refractivity contribution in [3.05, 3.63) is 35.9 Å². The van der Waals surface area contributed by atoms with Gasteiger partial charge in [-0.1, -0.05) is 18.2 Å². The monoisotopic (exact) mass is 589 g/mol. The van der Waals surface area contributed by atoms with Gasteiger partial charge in [-0.2, -0.15) is 0 Å². The van der Waals surface area contributed by atoms with Gasteiger partial charge in [-0.05, 0) is 31.5 Å². The number of ether oxygens (including phenoxy) is 5. The number of hydrogen-bond acceptors (Lipinski definition) is 11. The lowest BCUT2D eigenvalue weighted by Gasteiger charge is -2.69.